The minimum absolute atomic E-state index is 0.0362. The van der Waals surface area contributed by atoms with Crippen LogP contribution in [0.1, 0.15) is 0 Å². The van der Waals surface area contributed by atoms with Crippen LogP contribution in [0.15, 0.2) is 76.1 Å². The van der Waals surface area contributed by atoms with Crippen LogP contribution in [0.5, 0.6) is 5.75 Å². The maximum absolute atomic E-state index is 14.1. The lowest BCUT2D eigenvalue weighted by Gasteiger charge is -2.24. The van der Waals surface area contributed by atoms with Gasteiger partial charge in [-0.3, -0.25) is 9.10 Å². The molecule has 31 heavy (non-hydrogen) atoms. The molecule has 0 spiro atoms. The normalized spacial score (nSPS) is 11.1. The van der Waals surface area contributed by atoms with E-state index in [1.165, 1.54) is 67.8 Å². The number of carbonyl (C=O) groups is 1. The number of halogens is 3. The number of nitrogens with zero attached hydrogens (tertiary/aromatic N) is 1. The highest BCUT2D eigenvalue weighted by Gasteiger charge is 2.27. The zero-order valence-electron chi connectivity index (χ0n) is 16.2. The molecule has 1 amide bonds. The van der Waals surface area contributed by atoms with Crippen LogP contribution < -0.4 is 14.4 Å². The second kappa shape index (κ2) is 9.67. The first kappa shape index (κ1) is 23.1. The Morgan fingerprint density at radius 2 is 1.74 bits per heavy atom. The van der Waals surface area contributed by atoms with E-state index in [-0.39, 0.29) is 16.3 Å². The number of ether oxygens (including phenoxy) is 1. The van der Waals surface area contributed by atoms with Gasteiger partial charge >= 0.3 is 0 Å². The number of hydrogen-bond acceptors (Lipinski definition) is 4. The van der Waals surface area contributed by atoms with Crippen LogP contribution in [0.2, 0.25) is 5.02 Å². The number of carbonyl (C=O) groups excluding carboxylic acids is 1. The summed E-state index contributed by atoms with van der Waals surface area (Å²) in [5, 5.41) is 2.81. The van der Waals surface area contributed by atoms with Gasteiger partial charge < -0.3 is 10.1 Å². The van der Waals surface area contributed by atoms with Crippen molar-refractivity contribution in [3.05, 3.63) is 82.0 Å². The Labute approximate surface area is 192 Å². The van der Waals surface area contributed by atoms with Gasteiger partial charge in [-0.2, -0.15) is 0 Å². The SMILES string of the molecule is COc1ccc(S(=O)(=O)N(CC(=O)Nc2ccc(Br)cc2F)c2ccc(Cl)cc2)cc1. The van der Waals surface area contributed by atoms with Crippen LogP contribution in [-0.2, 0) is 14.8 Å². The molecular formula is C21H17BrClFN2O4S. The first-order valence-electron chi connectivity index (χ1n) is 8.88. The number of anilines is 2. The Hall–Kier alpha value is -2.62. The molecule has 0 unspecified atom stereocenters. The van der Waals surface area contributed by atoms with Crippen molar-refractivity contribution in [1.82, 2.24) is 0 Å². The lowest BCUT2D eigenvalue weighted by Crippen LogP contribution is -2.38. The maximum atomic E-state index is 14.1. The fraction of sp³-hybridized carbons (Fsp3) is 0.0952. The molecule has 6 nitrogen and oxygen atoms in total. The number of hydrogen-bond donors (Lipinski definition) is 1. The summed E-state index contributed by atoms with van der Waals surface area (Å²) in [6.45, 7) is -0.578. The molecule has 3 rings (SSSR count). The van der Waals surface area contributed by atoms with Gasteiger partial charge in [0.15, 0.2) is 0 Å². The molecule has 1 N–H and O–H groups in total. The van der Waals surface area contributed by atoms with Crippen molar-refractivity contribution in [3.8, 4) is 5.75 Å². The predicted molar refractivity (Wildman–Crippen MR) is 122 cm³/mol. The molecule has 3 aromatic carbocycles. The minimum Gasteiger partial charge on any atom is -0.497 e. The van der Waals surface area contributed by atoms with Crippen LogP contribution in [0.25, 0.3) is 0 Å². The number of rotatable bonds is 7. The summed E-state index contributed by atoms with van der Waals surface area (Å²) >= 11 is 9.06. The maximum Gasteiger partial charge on any atom is 0.264 e. The van der Waals surface area contributed by atoms with Crippen molar-refractivity contribution >= 4 is 54.8 Å². The third kappa shape index (κ3) is 5.55. The number of benzene rings is 3. The van der Waals surface area contributed by atoms with Gasteiger partial charge in [-0.05, 0) is 66.7 Å². The molecule has 162 valence electrons. The van der Waals surface area contributed by atoms with E-state index in [2.05, 4.69) is 21.2 Å². The average molecular weight is 528 g/mol. The largest absolute Gasteiger partial charge is 0.497 e. The van der Waals surface area contributed by atoms with Crippen molar-refractivity contribution in [3.63, 3.8) is 0 Å². The summed E-state index contributed by atoms with van der Waals surface area (Å²) in [6, 6.07) is 15.9. The molecule has 0 radical (unpaired) electrons. The fourth-order valence-electron chi connectivity index (χ4n) is 2.71. The number of sulfonamides is 1. The lowest BCUT2D eigenvalue weighted by atomic mass is 10.3. The van der Waals surface area contributed by atoms with E-state index in [1.807, 2.05) is 0 Å². The van der Waals surface area contributed by atoms with Crippen LogP contribution in [0.4, 0.5) is 15.8 Å². The quantitative estimate of drug-likeness (QED) is 0.465. The molecule has 10 heteroatoms. The Balaban J connectivity index is 1.94. The summed E-state index contributed by atoms with van der Waals surface area (Å²) in [6.07, 6.45) is 0. The average Bonchev–Trinajstić information content (AvgIpc) is 2.75. The molecule has 0 aliphatic rings. The van der Waals surface area contributed by atoms with Gasteiger partial charge in [0.2, 0.25) is 5.91 Å². The van der Waals surface area contributed by atoms with Crippen LogP contribution >= 0.6 is 27.5 Å². The molecule has 0 heterocycles. The summed E-state index contributed by atoms with van der Waals surface area (Å²) in [7, 11) is -2.66. The highest BCUT2D eigenvalue weighted by atomic mass is 79.9. The zero-order valence-corrected chi connectivity index (χ0v) is 19.3. The summed E-state index contributed by atoms with van der Waals surface area (Å²) in [5.74, 6) is -0.882. The Bertz CT molecular complexity index is 1190. The first-order valence-corrected chi connectivity index (χ1v) is 11.5. The van der Waals surface area contributed by atoms with Gasteiger partial charge in [-0.1, -0.05) is 27.5 Å². The molecule has 0 fully saturated rings. The van der Waals surface area contributed by atoms with Gasteiger partial charge in [0, 0.05) is 9.50 Å². The number of nitrogens with one attached hydrogen (secondary N) is 1. The van der Waals surface area contributed by atoms with Gasteiger partial charge in [0.05, 0.1) is 23.4 Å². The Kier molecular flexibility index (Phi) is 7.19. The predicted octanol–water partition coefficient (Wildman–Crippen LogP) is 5.08. The molecule has 0 atom stereocenters. The molecule has 0 aliphatic heterocycles. The van der Waals surface area contributed by atoms with Crippen molar-refractivity contribution in [2.45, 2.75) is 4.90 Å². The molecule has 0 aliphatic carbocycles. The van der Waals surface area contributed by atoms with Crippen molar-refractivity contribution in [2.75, 3.05) is 23.3 Å². The van der Waals surface area contributed by atoms with Crippen molar-refractivity contribution in [2.24, 2.45) is 0 Å². The lowest BCUT2D eigenvalue weighted by molar-refractivity contribution is -0.114. The summed E-state index contributed by atoms with van der Waals surface area (Å²) < 4.78 is 47.2. The summed E-state index contributed by atoms with van der Waals surface area (Å²) in [4.78, 5) is 12.6. The summed E-state index contributed by atoms with van der Waals surface area (Å²) in [5.41, 5.74) is 0.165. The van der Waals surface area contributed by atoms with E-state index in [0.717, 1.165) is 4.31 Å². The third-order valence-electron chi connectivity index (χ3n) is 4.25. The van der Waals surface area contributed by atoms with Crippen LogP contribution in [0, 0.1) is 5.82 Å². The van der Waals surface area contributed by atoms with E-state index >= 15 is 0 Å². The van der Waals surface area contributed by atoms with Gasteiger partial charge in [0.25, 0.3) is 10.0 Å². The van der Waals surface area contributed by atoms with E-state index in [9.17, 15) is 17.6 Å². The monoisotopic (exact) mass is 526 g/mol. The Morgan fingerprint density at radius 1 is 1.10 bits per heavy atom. The van der Waals surface area contributed by atoms with E-state index in [0.29, 0.717) is 15.2 Å². The number of methoxy groups -OCH3 is 1. The highest BCUT2D eigenvalue weighted by molar-refractivity contribution is 9.10. The van der Waals surface area contributed by atoms with E-state index in [1.54, 1.807) is 6.07 Å². The van der Waals surface area contributed by atoms with Gasteiger partial charge in [-0.25, -0.2) is 12.8 Å². The minimum atomic E-state index is -4.12. The van der Waals surface area contributed by atoms with E-state index < -0.39 is 28.3 Å². The topological polar surface area (TPSA) is 75.7 Å². The smallest absolute Gasteiger partial charge is 0.264 e. The van der Waals surface area contributed by atoms with Crippen molar-refractivity contribution in [1.29, 1.82) is 0 Å². The number of amides is 1. The van der Waals surface area contributed by atoms with Crippen molar-refractivity contribution < 1.29 is 22.3 Å². The van der Waals surface area contributed by atoms with Crippen LogP contribution in [0.3, 0.4) is 0 Å². The van der Waals surface area contributed by atoms with E-state index in [4.69, 9.17) is 16.3 Å². The fourth-order valence-corrected chi connectivity index (χ4v) is 4.59. The molecule has 0 bridgehead atoms. The standard InChI is InChI=1S/C21H17BrClFN2O4S/c1-30-17-7-9-18(10-8-17)31(28,29)26(16-5-3-15(23)4-6-16)13-21(27)25-20-11-2-14(22)12-19(20)24/h2-12H,13H2,1H3,(H,25,27). The molecule has 0 saturated carbocycles. The molecule has 3 aromatic rings. The third-order valence-corrected chi connectivity index (χ3v) is 6.79. The first-order chi connectivity index (χ1) is 14.7. The Morgan fingerprint density at radius 3 is 2.32 bits per heavy atom. The second-order valence-corrected chi connectivity index (χ2v) is 9.55. The highest BCUT2D eigenvalue weighted by Crippen LogP contribution is 2.27. The van der Waals surface area contributed by atoms with Crippen LogP contribution in [-0.4, -0.2) is 28.0 Å². The molecule has 0 saturated heterocycles. The van der Waals surface area contributed by atoms with Gasteiger partial charge in [0.1, 0.15) is 18.1 Å². The second-order valence-electron chi connectivity index (χ2n) is 6.34. The van der Waals surface area contributed by atoms with Gasteiger partial charge in [-0.15, -0.1) is 0 Å². The molecular weight excluding hydrogens is 511 g/mol. The zero-order chi connectivity index (χ0) is 22.6. The molecule has 0 aromatic heterocycles.